The van der Waals surface area contributed by atoms with Gasteiger partial charge in [-0.05, 0) is 72.9 Å². The van der Waals surface area contributed by atoms with Gasteiger partial charge in [-0.2, -0.15) is 0 Å². The van der Waals surface area contributed by atoms with Gasteiger partial charge in [0.1, 0.15) is 7.05 Å². The molecule has 0 spiro atoms. The topological polar surface area (TPSA) is 3.88 Å². The van der Waals surface area contributed by atoms with Gasteiger partial charge in [0.25, 0.3) is 0 Å². The second kappa shape index (κ2) is 7.72. The summed E-state index contributed by atoms with van der Waals surface area (Å²) in [7, 11) is 2.17. The highest BCUT2D eigenvalue weighted by Gasteiger charge is 2.19. The van der Waals surface area contributed by atoms with Gasteiger partial charge in [-0.25, -0.2) is 4.57 Å². The maximum atomic E-state index is 2.38. The molecule has 0 saturated heterocycles. The Kier molecular flexibility index (Phi) is 5.24. The standard InChI is InChI=1S/C29H32N/c1-18(2)24-14-25-16-29(26-13-20(4)12-21(5)22(26)6)30(7)17-28(25)27(15-24)23-10-8-19(3)9-11-23/h8-18H,1-7H3/q+1. The molecule has 0 aliphatic rings. The van der Waals surface area contributed by atoms with Crippen LogP contribution in [0.4, 0.5) is 0 Å². The monoisotopic (exact) mass is 394 g/mol. The van der Waals surface area contributed by atoms with Crippen LogP contribution in [0.25, 0.3) is 33.2 Å². The minimum Gasteiger partial charge on any atom is -0.200 e. The van der Waals surface area contributed by atoms with E-state index in [4.69, 9.17) is 0 Å². The number of fused-ring (bicyclic) bond motifs is 1. The molecule has 0 aliphatic carbocycles. The molecule has 1 aromatic heterocycles. The number of hydrogen-bond acceptors (Lipinski definition) is 0. The molecule has 1 heterocycles. The van der Waals surface area contributed by atoms with Gasteiger partial charge >= 0.3 is 0 Å². The predicted octanol–water partition coefficient (Wildman–Crippen LogP) is 7.36. The summed E-state index contributed by atoms with van der Waals surface area (Å²) >= 11 is 0. The molecule has 3 aromatic carbocycles. The number of aryl methyl sites for hydroxylation is 4. The summed E-state index contributed by atoms with van der Waals surface area (Å²) in [5, 5.41) is 2.61. The van der Waals surface area contributed by atoms with Crippen molar-refractivity contribution < 1.29 is 4.57 Å². The Morgan fingerprint density at radius 2 is 1.43 bits per heavy atom. The van der Waals surface area contributed by atoms with Crippen LogP contribution in [0.3, 0.4) is 0 Å². The smallest absolute Gasteiger partial charge is 0.200 e. The zero-order valence-electron chi connectivity index (χ0n) is 19.3. The molecule has 0 amide bonds. The van der Waals surface area contributed by atoms with Gasteiger partial charge in [-0.1, -0.05) is 67.4 Å². The maximum absolute atomic E-state index is 2.38. The van der Waals surface area contributed by atoms with Crippen LogP contribution in [-0.2, 0) is 7.05 Å². The summed E-state index contributed by atoms with van der Waals surface area (Å²) in [6.45, 7) is 13.3. The van der Waals surface area contributed by atoms with Gasteiger partial charge in [0.2, 0.25) is 5.69 Å². The first kappa shape index (κ1) is 20.3. The lowest BCUT2D eigenvalue weighted by Crippen LogP contribution is -2.30. The first-order valence-corrected chi connectivity index (χ1v) is 10.9. The van der Waals surface area contributed by atoms with E-state index in [0.717, 1.165) is 0 Å². The van der Waals surface area contributed by atoms with E-state index in [1.807, 2.05) is 0 Å². The van der Waals surface area contributed by atoms with Crippen LogP contribution in [0.15, 0.2) is 60.8 Å². The van der Waals surface area contributed by atoms with E-state index >= 15 is 0 Å². The Balaban J connectivity index is 2.02. The van der Waals surface area contributed by atoms with Crippen molar-refractivity contribution in [1.29, 1.82) is 0 Å². The van der Waals surface area contributed by atoms with Crippen molar-refractivity contribution in [3.8, 4) is 22.4 Å². The van der Waals surface area contributed by atoms with Gasteiger partial charge in [0.05, 0.1) is 5.39 Å². The first-order chi connectivity index (χ1) is 14.2. The fourth-order valence-corrected chi connectivity index (χ4v) is 4.35. The third-order valence-corrected chi connectivity index (χ3v) is 6.35. The lowest BCUT2D eigenvalue weighted by molar-refractivity contribution is -0.659. The summed E-state index contributed by atoms with van der Waals surface area (Å²) in [5.41, 5.74) is 11.9. The Hall–Kier alpha value is -2.93. The molecule has 0 atom stereocenters. The molecule has 30 heavy (non-hydrogen) atoms. The van der Waals surface area contributed by atoms with E-state index in [9.17, 15) is 0 Å². The summed E-state index contributed by atoms with van der Waals surface area (Å²) in [4.78, 5) is 0. The van der Waals surface area contributed by atoms with Gasteiger partial charge in [0.15, 0.2) is 6.20 Å². The van der Waals surface area contributed by atoms with Crippen molar-refractivity contribution in [3.63, 3.8) is 0 Å². The molecule has 0 N–H and O–H groups in total. The quantitative estimate of drug-likeness (QED) is 0.320. The van der Waals surface area contributed by atoms with E-state index in [0.29, 0.717) is 5.92 Å². The van der Waals surface area contributed by atoms with Gasteiger partial charge in [0, 0.05) is 11.6 Å². The zero-order valence-corrected chi connectivity index (χ0v) is 19.3. The third kappa shape index (κ3) is 3.65. The number of pyridine rings is 1. The molecule has 4 aromatic rings. The first-order valence-electron chi connectivity index (χ1n) is 10.9. The third-order valence-electron chi connectivity index (χ3n) is 6.35. The second-order valence-electron chi connectivity index (χ2n) is 9.12. The van der Waals surface area contributed by atoms with Gasteiger partial charge in [-0.15, -0.1) is 0 Å². The van der Waals surface area contributed by atoms with Crippen LogP contribution in [0.2, 0.25) is 0 Å². The lowest BCUT2D eigenvalue weighted by atomic mass is 9.91. The van der Waals surface area contributed by atoms with Crippen molar-refractivity contribution in [2.75, 3.05) is 0 Å². The average Bonchev–Trinajstić information content (AvgIpc) is 2.70. The van der Waals surface area contributed by atoms with Crippen molar-refractivity contribution in [3.05, 3.63) is 88.6 Å². The molecule has 4 rings (SSSR count). The molecule has 0 saturated carbocycles. The Bertz CT molecular complexity index is 1240. The van der Waals surface area contributed by atoms with Crippen molar-refractivity contribution in [1.82, 2.24) is 0 Å². The molecule has 0 aliphatic heterocycles. The molecule has 1 nitrogen and oxygen atoms in total. The molecule has 0 unspecified atom stereocenters. The Morgan fingerprint density at radius 1 is 0.733 bits per heavy atom. The molecule has 152 valence electrons. The minimum absolute atomic E-state index is 0.485. The molecule has 0 fully saturated rings. The summed E-state index contributed by atoms with van der Waals surface area (Å²) in [5.74, 6) is 0.485. The van der Waals surface area contributed by atoms with Crippen LogP contribution >= 0.6 is 0 Å². The van der Waals surface area contributed by atoms with Crippen LogP contribution in [0.1, 0.15) is 47.6 Å². The fourth-order valence-electron chi connectivity index (χ4n) is 4.35. The summed E-state index contributed by atoms with van der Waals surface area (Å²) in [6, 6.07) is 20.6. The Morgan fingerprint density at radius 3 is 2.10 bits per heavy atom. The largest absolute Gasteiger partial charge is 0.213 e. The lowest BCUT2D eigenvalue weighted by Gasteiger charge is -2.15. The van der Waals surface area contributed by atoms with E-state index in [2.05, 4.69) is 114 Å². The van der Waals surface area contributed by atoms with E-state index < -0.39 is 0 Å². The Labute approximate surface area is 181 Å². The van der Waals surface area contributed by atoms with Crippen LogP contribution in [0.5, 0.6) is 0 Å². The van der Waals surface area contributed by atoms with Gasteiger partial charge in [-0.3, -0.25) is 0 Å². The van der Waals surface area contributed by atoms with Crippen LogP contribution < -0.4 is 4.57 Å². The zero-order chi connectivity index (χ0) is 21.6. The predicted molar refractivity (Wildman–Crippen MR) is 129 cm³/mol. The van der Waals surface area contributed by atoms with Gasteiger partial charge < -0.3 is 0 Å². The summed E-state index contributed by atoms with van der Waals surface area (Å²) < 4.78 is 2.29. The SMILES string of the molecule is Cc1ccc(-c2cc(C(C)C)cc3cc(-c4cc(C)cc(C)c4C)[n+](C)cc23)cc1. The number of nitrogens with zero attached hydrogens (tertiary/aromatic N) is 1. The molecule has 1 heteroatoms. The number of aromatic nitrogens is 1. The average molecular weight is 395 g/mol. The normalized spacial score (nSPS) is 11.5. The van der Waals surface area contributed by atoms with E-state index in [1.165, 1.54) is 61.0 Å². The summed E-state index contributed by atoms with van der Waals surface area (Å²) in [6.07, 6.45) is 2.31. The molecule has 0 radical (unpaired) electrons. The highest BCUT2D eigenvalue weighted by Crippen LogP contribution is 2.34. The van der Waals surface area contributed by atoms with Crippen molar-refractivity contribution in [2.45, 2.75) is 47.5 Å². The highest BCUT2D eigenvalue weighted by molar-refractivity contribution is 5.97. The minimum atomic E-state index is 0.485. The van der Waals surface area contributed by atoms with Crippen molar-refractivity contribution in [2.24, 2.45) is 7.05 Å². The number of rotatable bonds is 3. The fraction of sp³-hybridized carbons (Fsp3) is 0.276. The number of hydrogen-bond donors (Lipinski definition) is 0. The van der Waals surface area contributed by atoms with Crippen molar-refractivity contribution >= 4 is 10.8 Å². The van der Waals surface area contributed by atoms with E-state index in [1.54, 1.807) is 0 Å². The second-order valence-corrected chi connectivity index (χ2v) is 9.12. The molecular weight excluding hydrogens is 362 g/mol. The van der Waals surface area contributed by atoms with Crippen LogP contribution in [0, 0.1) is 27.7 Å². The molecule has 0 bridgehead atoms. The van der Waals surface area contributed by atoms with E-state index in [-0.39, 0.29) is 0 Å². The molecular formula is C29H32N+. The number of benzene rings is 3. The maximum Gasteiger partial charge on any atom is 0.213 e. The highest BCUT2D eigenvalue weighted by atomic mass is 14.9. The van der Waals surface area contributed by atoms with Crippen LogP contribution in [-0.4, -0.2) is 0 Å².